The maximum Gasteiger partial charge on any atom is 0.213 e. The van der Waals surface area contributed by atoms with Gasteiger partial charge in [-0.25, -0.2) is 22.5 Å². The number of aromatic nitrogens is 1. The molecule has 2 atom stereocenters. The zero-order valence-corrected chi connectivity index (χ0v) is 18.9. The van der Waals surface area contributed by atoms with Crippen molar-refractivity contribution in [2.75, 3.05) is 26.0 Å². The lowest BCUT2D eigenvalue weighted by molar-refractivity contribution is 0.0539. The molecule has 0 spiro atoms. The first kappa shape index (κ1) is 26.3. The summed E-state index contributed by atoms with van der Waals surface area (Å²) in [6, 6.07) is 10.2. The summed E-state index contributed by atoms with van der Waals surface area (Å²) in [6.07, 6.45) is 1.98. The molecule has 0 amide bonds. The third-order valence-electron chi connectivity index (χ3n) is 4.07. The lowest BCUT2D eigenvalue weighted by Gasteiger charge is -2.19. The predicted molar refractivity (Wildman–Crippen MR) is 117 cm³/mol. The van der Waals surface area contributed by atoms with E-state index in [0.717, 1.165) is 23.6 Å². The van der Waals surface area contributed by atoms with Gasteiger partial charge in [-0.2, -0.15) is 0 Å². The molecule has 0 aliphatic rings. The minimum absolute atomic E-state index is 0. The van der Waals surface area contributed by atoms with Gasteiger partial charge in [0.25, 0.3) is 0 Å². The molecular weight excluding hydrogens is 433 g/mol. The number of hydrogen-bond acceptors (Lipinski definition) is 6. The highest BCUT2D eigenvalue weighted by Crippen LogP contribution is 2.14. The van der Waals surface area contributed by atoms with E-state index in [2.05, 4.69) is 15.0 Å². The molecule has 1 aromatic heterocycles. The summed E-state index contributed by atoms with van der Waals surface area (Å²) in [5, 5.41) is 3.31. The van der Waals surface area contributed by atoms with E-state index in [0.29, 0.717) is 32.2 Å². The minimum Gasteiger partial charge on any atom is -0.471 e. The van der Waals surface area contributed by atoms with E-state index in [1.165, 1.54) is 12.1 Å². The lowest BCUT2D eigenvalue weighted by atomic mass is 10.1. The van der Waals surface area contributed by atoms with Gasteiger partial charge in [0.1, 0.15) is 11.9 Å². The van der Waals surface area contributed by atoms with Gasteiger partial charge in [0.2, 0.25) is 15.9 Å². The summed E-state index contributed by atoms with van der Waals surface area (Å²) in [6.45, 7) is 5.78. The van der Waals surface area contributed by atoms with Crippen molar-refractivity contribution in [1.82, 2.24) is 15.0 Å². The molecule has 7 nitrogen and oxygen atoms in total. The molecule has 1 heterocycles. The topological polar surface area (TPSA) is 89.6 Å². The largest absolute Gasteiger partial charge is 0.471 e. The Morgan fingerprint density at radius 1 is 1.17 bits per heavy atom. The Morgan fingerprint density at radius 3 is 2.43 bits per heavy atom. The van der Waals surface area contributed by atoms with Crippen LogP contribution in [0, 0.1) is 5.82 Å². The second-order valence-electron chi connectivity index (χ2n) is 6.70. The first-order valence-electron chi connectivity index (χ1n) is 9.39. The van der Waals surface area contributed by atoms with Crippen LogP contribution in [0.25, 0.3) is 0 Å². The fraction of sp³-hybridized carbons (Fsp3) is 0.450. The molecule has 10 heteroatoms. The van der Waals surface area contributed by atoms with Crippen LogP contribution in [-0.2, 0) is 21.3 Å². The molecule has 0 aliphatic heterocycles. The summed E-state index contributed by atoms with van der Waals surface area (Å²) in [5.74, 6) is -0.0732. The number of hydrogen-bond donors (Lipinski definition) is 2. The van der Waals surface area contributed by atoms with Crippen molar-refractivity contribution in [1.29, 1.82) is 0 Å². The van der Waals surface area contributed by atoms with Crippen molar-refractivity contribution in [2.24, 2.45) is 0 Å². The maximum absolute atomic E-state index is 13.0. The number of halogens is 2. The van der Waals surface area contributed by atoms with E-state index in [9.17, 15) is 12.8 Å². The average molecular weight is 462 g/mol. The minimum atomic E-state index is -3.26. The van der Waals surface area contributed by atoms with Gasteiger partial charge >= 0.3 is 0 Å². The number of nitrogens with zero attached hydrogens (tertiary/aromatic N) is 1. The first-order chi connectivity index (χ1) is 13.8. The zero-order chi connectivity index (χ0) is 21.3. The standard InChI is InChI=1S/C20H28FN3O4S.ClH/c1-4-27-14-19(28-20-10-9-18(21)12-23-20)13-22-11-16-5-7-17(8-6-16)15(2)24-29(3,25)26;/h5-10,12,15,19,22,24H,4,11,13-14H2,1-3H3;1H/t15-,19?;/m1./s1. The molecule has 0 fully saturated rings. The van der Waals surface area contributed by atoms with Crippen LogP contribution in [0.15, 0.2) is 42.6 Å². The maximum atomic E-state index is 13.0. The smallest absolute Gasteiger partial charge is 0.213 e. The number of rotatable bonds is 12. The van der Waals surface area contributed by atoms with E-state index >= 15 is 0 Å². The fourth-order valence-corrected chi connectivity index (χ4v) is 3.46. The SMILES string of the molecule is CCOCC(CNCc1ccc([C@@H](C)NS(C)(=O)=O)cc1)Oc1ccc(F)cn1.Cl. The Bertz CT molecular complexity index is 851. The highest BCUT2D eigenvalue weighted by Gasteiger charge is 2.13. The predicted octanol–water partition coefficient (Wildman–Crippen LogP) is 2.83. The third kappa shape index (κ3) is 9.82. The van der Waals surface area contributed by atoms with Crippen molar-refractivity contribution in [3.63, 3.8) is 0 Å². The van der Waals surface area contributed by atoms with Gasteiger partial charge in [-0.1, -0.05) is 24.3 Å². The van der Waals surface area contributed by atoms with Gasteiger partial charge in [-0.3, -0.25) is 0 Å². The van der Waals surface area contributed by atoms with E-state index in [4.69, 9.17) is 9.47 Å². The second-order valence-corrected chi connectivity index (χ2v) is 8.48. The van der Waals surface area contributed by atoms with Crippen LogP contribution in [-0.4, -0.2) is 45.5 Å². The molecule has 2 aromatic rings. The number of ether oxygens (including phenoxy) is 2. The molecule has 0 saturated carbocycles. The Balaban J connectivity index is 0.00000450. The number of pyridine rings is 1. The van der Waals surface area contributed by atoms with Crippen LogP contribution >= 0.6 is 12.4 Å². The van der Waals surface area contributed by atoms with Gasteiger partial charge in [0, 0.05) is 31.8 Å². The van der Waals surface area contributed by atoms with Crippen molar-refractivity contribution < 1.29 is 22.3 Å². The van der Waals surface area contributed by atoms with E-state index in [-0.39, 0.29) is 24.6 Å². The van der Waals surface area contributed by atoms with Gasteiger partial charge in [-0.05, 0) is 31.0 Å². The molecule has 2 rings (SSSR count). The summed E-state index contributed by atoms with van der Waals surface area (Å²) >= 11 is 0. The number of nitrogens with one attached hydrogen (secondary N) is 2. The quantitative estimate of drug-likeness (QED) is 0.505. The molecule has 1 aromatic carbocycles. The van der Waals surface area contributed by atoms with Gasteiger partial charge in [0.05, 0.1) is 19.1 Å². The van der Waals surface area contributed by atoms with Gasteiger partial charge in [0.15, 0.2) is 0 Å². The number of benzene rings is 1. The van der Waals surface area contributed by atoms with E-state index in [1.807, 2.05) is 31.2 Å². The highest BCUT2D eigenvalue weighted by molar-refractivity contribution is 7.88. The molecule has 168 valence electrons. The Kier molecular flexibility index (Phi) is 11.2. The Hall–Kier alpha value is -1.78. The molecular formula is C20H29ClFN3O4S. The molecule has 1 unspecified atom stereocenters. The van der Waals surface area contributed by atoms with Gasteiger partial charge in [-0.15, -0.1) is 12.4 Å². The summed E-state index contributed by atoms with van der Waals surface area (Å²) in [4.78, 5) is 3.91. The molecule has 2 N–H and O–H groups in total. The third-order valence-corrected chi connectivity index (χ3v) is 4.85. The molecule has 0 bridgehead atoms. The molecule has 0 aliphatic carbocycles. The van der Waals surface area contributed by atoms with Crippen LogP contribution in [0.2, 0.25) is 0 Å². The summed E-state index contributed by atoms with van der Waals surface area (Å²) in [5.41, 5.74) is 1.94. The fourth-order valence-electron chi connectivity index (χ4n) is 2.68. The molecule has 0 saturated heterocycles. The average Bonchev–Trinajstić information content (AvgIpc) is 2.67. The van der Waals surface area contributed by atoms with Gasteiger partial charge < -0.3 is 14.8 Å². The van der Waals surface area contributed by atoms with E-state index < -0.39 is 15.8 Å². The van der Waals surface area contributed by atoms with Crippen molar-refractivity contribution in [3.8, 4) is 5.88 Å². The molecule has 30 heavy (non-hydrogen) atoms. The van der Waals surface area contributed by atoms with Crippen molar-refractivity contribution >= 4 is 22.4 Å². The second kappa shape index (κ2) is 12.8. The van der Waals surface area contributed by atoms with Crippen LogP contribution in [0.1, 0.15) is 31.0 Å². The zero-order valence-electron chi connectivity index (χ0n) is 17.3. The van der Waals surface area contributed by atoms with E-state index in [1.54, 1.807) is 6.92 Å². The first-order valence-corrected chi connectivity index (χ1v) is 11.3. The molecule has 0 radical (unpaired) electrons. The normalized spacial score (nSPS) is 13.3. The van der Waals surface area contributed by atoms with Crippen molar-refractivity contribution in [2.45, 2.75) is 32.5 Å². The Morgan fingerprint density at radius 2 is 1.87 bits per heavy atom. The van der Waals surface area contributed by atoms with Crippen LogP contribution < -0.4 is 14.8 Å². The Labute approximate surface area is 183 Å². The van der Waals surface area contributed by atoms with Crippen LogP contribution in [0.5, 0.6) is 5.88 Å². The lowest BCUT2D eigenvalue weighted by Crippen LogP contribution is -2.35. The van der Waals surface area contributed by atoms with Crippen LogP contribution in [0.4, 0.5) is 4.39 Å². The summed E-state index contributed by atoms with van der Waals surface area (Å²) in [7, 11) is -3.26. The monoisotopic (exact) mass is 461 g/mol. The number of sulfonamides is 1. The summed E-state index contributed by atoms with van der Waals surface area (Å²) < 4.78 is 49.5. The van der Waals surface area contributed by atoms with Crippen molar-refractivity contribution in [3.05, 3.63) is 59.5 Å². The van der Waals surface area contributed by atoms with Crippen LogP contribution in [0.3, 0.4) is 0 Å². The highest BCUT2D eigenvalue weighted by atomic mass is 35.5.